The van der Waals surface area contributed by atoms with Gasteiger partial charge in [-0.05, 0) is 24.1 Å². The molecule has 3 aromatic heterocycles. The Kier molecular flexibility index (Phi) is 5.16. The molecule has 1 amide bonds. The van der Waals surface area contributed by atoms with E-state index in [1.807, 2.05) is 54.9 Å². The van der Waals surface area contributed by atoms with Crippen LogP contribution in [0.15, 0.2) is 61.1 Å². The van der Waals surface area contributed by atoms with Crippen molar-refractivity contribution >= 4 is 27.5 Å². The van der Waals surface area contributed by atoms with E-state index in [1.54, 1.807) is 6.20 Å². The smallest absolute Gasteiger partial charge is 0.262 e. The third-order valence-electron chi connectivity index (χ3n) is 5.63. The molecule has 1 atom stereocenters. The minimum atomic E-state index is -0.0616. The number of para-hydroxylation sites is 1. The van der Waals surface area contributed by atoms with E-state index in [-0.39, 0.29) is 17.9 Å². The van der Waals surface area contributed by atoms with E-state index in [9.17, 15) is 4.79 Å². The first-order chi connectivity index (χ1) is 15.1. The lowest BCUT2D eigenvalue weighted by Gasteiger charge is -2.26. The minimum absolute atomic E-state index is 0.0504. The Morgan fingerprint density at radius 2 is 2.03 bits per heavy atom. The monoisotopic (exact) mass is 429 g/mol. The van der Waals surface area contributed by atoms with Gasteiger partial charge < -0.3 is 10.1 Å². The van der Waals surface area contributed by atoms with Gasteiger partial charge in [-0.2, -0.15) is 0 Å². The fraction of sp³-hybridized carbons (Fsp3) is 0.240. The fourth-order valence-corrected chi connectivity index (χ4v) is 5.53. The molecule has 0 aliphatic carbocycles. The second-order valence-corrected chi connectivity index (χ2v) is 9.00. The Labute approximate surface area is 185 Å². The summed E-state index contributed by atoms with van der Waals surface area (Å²) in [5.41, 5.74) is 5.02. The molecule has 5 rings (SSSR count). The van der Waals surface area contributed by atoms with Gasteiger partial charge in [-0.1, -0.05) is 38.1 Å². The molecule has 0 radical (unpaired) electrons. The molecule has 0 unspecified atom stereocenters. The third-order valence-corrected chi connectivity index (χ3v) is 6.86. The second-order valence-electron chi connectivity index (χ2n) is 7.98. The molecule has 0 saturated carbocycles. The number of fused-ring (bicyclic) bond motifs is 2. The number of rotatable bonds is 4. The number of hydrogen-bond donors (Lipinski definition) is 1. The third kappa shape index (κ3) is 3.57. The highest BCUT2D eigenvalue weighted by Crippen LogP contribution is 2.40. The fourth-order valence-electron chi connectivity index (χ4n) is 4.18. The van der Waals surface area contributed by atoms with E-state index in [1.165, 1.54) is 11.3 Å². The first-order valence-corrected chi connectivity index (χ1v) is 11.3. The molecule has 1 aliphatic heterocycles. The number of nitrogens with one attached hydrogen (secondary N) is 1. The van der Waals surface area contributed by atoms with E-state index in [0.717, 1.165) is 49.5 Å². The molecule has 1 aromatic carbocycles. The molecule has 5 nitrogen and oxygen atoms in total. The van der Waals surface area contributed by atoms with Gasteiger partial charge in [0, 0.05) is 47.3 Å². The molecule has 156 valence electrons. The van der Waals surface area contributed by atoms with Crippen molar-refractivity contribution < 1.29 is 9.53 Å². The quantitative estimate of drug-likeness (QED) is 0.450. The van der Waals surface area contributed by atoms with E-state index >= 15 is 0 Å². The van der Waals surface area contributed by atoms with E-state index in [4.69, 9.17) is 4.74 Å². The zero-order valence-electron chi connectivity index (χ0n) is 17.5. The maximum absolute atomic E-state index is 13.5. The van der Waals surface area contributed by atoms with Crippen molar-refractivity contribution in [2.45, 2.75) is 32.2 Å². The summed E-state index contributed by atoms with van der Waals surface area (Å²) in [5.74, 6) is 0.971. The number of ether oxygens (including phenoxy) is 1. The van der Waals surface area contributed by atoms with Gasteiger partial charge in [-0.15, -0.1) is 11.3 Å². The lowest BCUT2D eigenvalue weighted by Crippen LogP contribution is -2.32. The van der Waals surface area contributed by atoms with Crippen LogP contribution in [0.1, 0.15) is 53.0 Å². The van der Waals surface area contributed by atoms with Crippen LogP contribution < -0.4 is 10.1 Å². The van der Waals surface area contributed by atoms with Crippen molar-refractivity contribution in [3.8, 4) is 16.9 Å². The zero-order valence-corrected chi connectivity index (χ0v) is 18.3. The summed E-state index contributed by atoms with van der Waals surface area (Å²) in [6.07, 6.45) is 6.19. The SMILES string of the molecule is CC(C)c1c(C(=O)N[C@H]2CCOc3ccccc32)sc2c(-c3cccnc3)ccnc12. The normalized spacial score (nSPS) is 15.5. The number of benzene rings is 1. The molecule has 0 saturated heterocycles. The van der Waals surface area contributed by atoms with Gasteiger partial charge >= 0.3 is 0 Å². The van der Waals surface area contributed by atoms with E-state index < -0.39 is 0 Å². The lowest BCUT2D eigenvalue weighted by atomic mass is 9.98. The van der Waals surface area contributed by atoms with Crippen LogP contribution in [-0.4, -0.2) is 22.5 Å². The number of thiophene rings is 1. The molecule has 4 heterocycles. The number of nitrogens with zero attached hydrogens (tertiary/aromatic N) is 2. The van der Waals surface area contributed by atoms with Crippen LogP contribution in [0.4, 0.5) is 0 Å². The topological polar surface area (TPSA) is 64.1 Å². The summed E-state index contributed by atoms with van der Waals surface area (Å²) >= 11 is 1.52. The minimum Gasteiger partial charge on any atom is -0.493 e. The summed E-state index contributed by atoms with van der Waals surface area (Å²) in [6, 6.07) is 13.8. The summed E-state index contributed by atoms with van der Waals surface area (Å²) in [4.78, 5) is 23.1. The van der Waals surface area contributed by atoms with Gasteiger partial charge in [0.25, 0.3) is 5.91 Å². The molecule has 6 heteroatoms. The van der Waals surface area contributed by atoms with E-state index in [0.29, 0.717) is 6.61 Å². The highest BCUT2D eigenvalue weighted by atomic mass is 32.1. The van der Waals surface area contributed by atoms with Crippen LogP contribution in [0.2, 0.25) is 0 Å². The van der Waals surface area contributed by atoms with Crippen molar-refractivity contribution in [1.82, 2.24) is 15.3 Å². The van der Waals surface area contributed by atoms with Crippen molar-refractivity contribution in [2.75, 3.05) is 6.61 Å². The maximum atomic E-state index is 13.5. The van der Waals surface area contributed by atoms with Gasteiger partial charge in [0.15, 0.2) is 0 Å². The molecule has 0 fully saturated rings. The highest BCUT2D eigenvalue weighted by molar-refractivity contribution is 7.21. The first-order valence-electron chi connectivity index (χ1n) is 10.5. The van der Waals surface area contributed by atoms with Gasteiger partial charge in [-0.25, -0.2) is 0 Å². The molecule has 4 aromatic rings. The zero-order chi connectivity index (χ0) is 21.4. The van der Waals surface area contributed by atoms with Gasteiger partial charge in [0.2, 0.25) is 0 Å². The van der Waals surface area contributed by atoms with Crippen LogP contribution in [0, 0.1) is 0 Å². The van der Waals surface area contributed by atoms with Gasteiger partial charge in [-0.3, -0.25) is 14.8 Å². The van der Waals surface area contributed by atoms with Crippen LogP contribution in [0.5, 0.6) is 5.75 Å². The number of aromatic nitrogens is 2. The average molecular weight is 430 g/mol. The predicted octanol–water partition coefficient (Wildman–Crippen LogP) is 5.74. The standard InChI is InChI=1S/C25H23N3O2S/c1-15(2)21-22-23(17(9-12-27-22)16-6-5-11-26-14-16)31-24(21)25(29)28-19-10-13-30-20-8-4-3-7-18(19)20/h3-9,11-12,14-15,19H,10,13H2,1-2H3,(H,28,29)/t19-/m0/s1. The van der Waals surface area contributed by atoms with Crippen LogP contribution in [0.3, 0.4) is 0 Å². The van der Waals surface area contributed by atoms with E-state index in [2.05, 4.69) is 29.1 Å². The number of amides is 1. The maximum Gasteiger partial charge on any atom is 0.262 e. The largest absolute Gasteiger partial charge is 0.493 e. The first kappa shape index (κ1) is 19.7. The number of hydrogen-bond acceptors (Lipinski definition) is 5. The lowest BCUT2D eigenvalue weighted by molar-refractivity contribution is 0.0928. The Balaban J connectivity index is 1.57. The predicted molar refractivity (Wildman–Crippen MR) is 124 cm³/mol. The summed E-state index contributed by atoms with van der Waals surface area (Å²) < 4.78 is 6.78. The molecule has 31 heavy (non-hydrogen) atoms. The second kappa shape index (κ2) is 8.12. The average Bonchev–Trinajstić information content (AvgIpc) is 3.20. The van der Waals surface area contributed by atoms with Crippen molar-refractivity contribution in [3.63, 3.8) is 0 Å². The molecule has 1 N–H and O–H groups in total. The summed E-state index contributed by atoms with van der Waals surface area (Å²) in [5, 5.41) is 3.26. The molecule has 0 spiro atoms. The Morgan fingerprint density at radius 1 is 1.16 bits per heavy atom. The molecular formula is C25H23N3O2S. The van der Waals surface area contributed by atoms with Crippen molar-refractivity contribution in [2.24, 2.45) is 0 Å². The number of pyridine rings is 2. The van der Waals surface area contributed by atoms with Crippen molar-refractivity contribution in [1.29, 1.82) is 0 Å². The molecule has 1 aliphatic rings. The van der Waals surface area contributed by atoms with Crippen LogP contribution >= 0.6 is 11.3 Å². The highest BCUT2D eigenvalue weighted by Gasteiger charge is 2.27. The number of carbonyl (C=O) groups is 1. The summed E-state index contributed by atoms with van der Waals surface area (Å²) in [6.45, 7) is 4.82. The van der Waals surface area contributed by atoms with Gasteiger partial charge in [0.1, 0.15) is 5.75 Å². The summed E-state index contributed by atoms with van der Waals surface area (Å²) in [7, 11) is 0. The number of carbonyl (C=O) groups excluding carboxylic acids is 1. The Bertz CT molecular complexity index is 1250. The molecular weight excluding hydrogens is 406 g/mol. The molecule has 0 bridgehead atoms. The van der Waals surface area contributed by atoms with Crippen molar-refractivity contribution in [3.05, 3.63) is 77.1 Å². The Morgan fingerprint density at radius 3 is 2.84 bits per heavy atom. The van der Waals surface area contributed by atoms with Gasteiger partial charge in [0.05, 0.1) is 27.7 Å². The van der Waals surface area contributed by atoms with Crippen LogP contribution in [0.25, 0.3) is 21.3 Å². The van der Waals surface area contributed by atoms with Crippen LogP contribution in [-0.2, 0) is 0 Å². The Hall–Kier alpha value is -3.25.